The molecule has 0 saturated heterocycles. The van der Waals surface area contributed by atoms with E-state index in [1.807, 2.05) is 24.3 Å². The topological polar surface area (TPSA) is 57.6 Å². The van der Waals surface area contributed by atoms with Gasteiger partial charge in [0.05, 0.1) is 0 Å². The summed E-state index contributed by atoms with van der Waals surface area (Å²) < 4.78 is 0.999. The fourth-order valence-corrected chi connectivity index (χ4v) is 1.86. The molecule has 0 aliphatic heterocycles. The van der Waals surface area contributed by atoms with E-state index in [1.165, 1.54) is 4.90 Å². The predicted octanol–water partition coefficient (Wildman–Crippen LogP) is 1.92. The van der Waals surface area contributed by atoms with Crippen LogP contribution in [0.15, 0.2) is 28.7 Å². The van der Waals surface area contributed by atoms with E-state index in [4.69, 9.17) is 5.11 Å². The second-order valence-corrected chi connectivity index (χ2v) is 4.58. The molecule has 0 aliphatic carbocycles. The Morgan fingerprint density at radius 3 is 2.59 bits per heavy atom. The van der Waals surface area contributed by atoms with Gasteiger partial charge in [0.2, 0.25) is 5.91 Å². The summed E-state index contributed by atoms with van der Waals surface area (Å²) >= 11 is 3.43. The lowest BCUT2D eigenvalue weighted by molar-refractivity contribution is -0.143. The summed E-state index contributed by atoms with van der Waals surface area (Å²) in [6.45, 7) is 0.509. The first kappa shape index (κ1) is 13.7. The number of carboxylic acids is 1. The molecule has 1 rings (SSSR count). The average molecular weight is 300 g/mol. The lowest BCUT2D eigenvalue weighted by Crippen LogP contribution is -2.30. The third-order valence-corrected chi connectivity index (χ3v) is 3.18. The van der Waals surface area contributed by atoms with Gasteiger partial charge in [-0.1, -0.05) is 34.1 Å². The van der Waals surface area contributed by atoms with Crippen molar-refractivity contribution in [3.8, 4) is 0 Å². The van der Waals surface area contributed by atoms with Crippen LogP contribution in [0.3, 0.4) is 0 Å². The lowest BCUT2D eigenvalue weighted by Gasteiger charge is -2.16. The highest BCUT2D eigenvalue weighted by molar-refractivity contribution is 9.10. The number of hydrogen-bond donors (Lipinski definition) is 1. The van der Waals surface area contributed by atoms with E-state index in [1.54, 1.807) is 7.05 Å². The van der Waals surface area contributed by atoms with E-state index >= 15 is 0 Å². The molecular weight excluding hydrogens is 286 g/mol. The molecule has 1 N–H and O–H groups in total. The van der Waals surface area contributed by atoms with E-state index in [9.17, 15) is 9.59 Å². The normalized spacial score (nSPS) is 10.0. The molecule has 17 heavy (non-hydrogen) atoms. The molecule has 1 aromatic rings. The van der Waals surface area contributed by atoms with Gasteiger partial charge in [-0.25, -0.2) is 0 Å². The van der Waals surface area contributed by atoms with Crippen LogP contribution in [0.5, 0.6) is 0 Å². The summed E-state index contributed by atoms with van der Waals surface area (Å²) in [5.74, 6) is -1.47. The molecule has 0 fully saturated rings. The molecule has 0 atom stereocenters. The number of benzene rings is 1. The molecule has 0 aromatic heterocycles. The molecule has 0 radical (unpaired) electrons. The summed E-state index contributed by atoms with van der Waals surface area (Å²) in [5, 5.41) is 8.51. The van der Waals surface area contributed by atoms with Crippen LogP contribution >= 0.6 is 15.9 Å². The Bertz CT molecular complexity index is 420. The summed E-state index contributed by atoms with van der Waals surface area (Å²) in [4.78, 5) is 23.2. The number of likely N-dealkylation sites (N-methyl/N-ethyl adjacent to an activating group) is 1. The van der Waals surface area contributed by atoms with Gasteiger partial charge in [-0.05, 0) is 18.1 Å². The van der Waals surface area contributed by atoms with Crippen molar-refractivity contribution in [1.82, 2.24) is 4.90 Å². The van der Waals surface area contributed by atoms with Crippen LogP contribution in [0.25, 0.3) is 0 Å². The number of nitrogens with zero attached hydrogens (tertiary/aromatic N) is 1. The monoisotopic (exact) mass is 299 g/mol. The first-order valence-electron chi connectivity index (χ1n) is 5.20. The number of carbonyl (C=O) groups excluding carboxylic acids is 1. The molecule has 0 saturated carbocycles. The molecule has 1 amide bonds. The third-order valence-electron chi connectivity index (χ3n) is 2.40. The Morgan fingerprint density at radius 1 is 1.35 bits per heavy atom. The minimum atomic E-state index is -1.09. The van der Waals surface area contributed by atoms with Crippen molar-refractivity contribution in [2.45, 2.75) is 12.8 Å². The number of carbonyl (C=O) groups is 2. The number of hydrogen-bond acceptors (Lipinski definition) is 2. The quantitative estimate of drug-likeness (QED) is 0.845. The van der Waals surface area contributed by atoms with Crippen molar-refractivity contribution < 1.29 is 14.7 Å². The number of halogens is 1. The van der Waals surface area contributed by atoms with E-state index in [0.29, 0.717) is 13.0 Å². The Morgan fingerprint density at radius 2 is 2.00 bits per heavy atom. The van der Waals surface area contributed by atoms with Gasteiger partial charge >= 0.3 is 5.97 Å². The van der Waals surface area contributed by atoms with Crippen LogP contribution in [0, 0.1) is 0 Å². The molecule has 92 valence electrons. The SMILES string of the molecule is CN(CCc1ccccc1Br)C(=O)CC(=O)O. The first-order chi connectivity index (χ1) is 8.00. The molecule has 1 aromatic carbocycles. The largest absolute Gasteiger partial charge is 0.481 e. The molecule has 0 aliphatic rings. The lowest BCUT2D eigenvalue weighted by atomic mass is 10.1. The highest BCUT2D eigenvalue weighted by Gasteiger charge is 2.12. The minimum absolute atomic E-state index is 0.371. The number of amides is 1. The smallest absolute Gasteiger partial charge is 0.312 e. The zero-order valence-electron chi connectivity index (χ0n) is 9.52. The van der Waals surface area contributed by atoms with Crippen molar-refractivity contribution >= 4 is 27.8 Å². The minimum Gasteiger partial charge on any atom is -0.481 e. The number of carboxylic acid groups (broad SMARTS) is 1. The first-order valence-corrected chi connectivity index (χ1v) is 5.99. The zero-order valence-corrected chi connectivity index (χ0v) is 11.1. The van der Waals surface area contributed by atoms with Gasteiger partial charge in [0.1, 0.15) is 6.42 Å². The molecule has 0 spiro atoms. The van der Waals surface area contributed by atoms with E-state index in [2.05, 4.69) is 15.9 Å². The van der Waals surface area contributed by atoms with Gasteiger partial charge in [-0.2, -0.15) is 0 Å². The fourth-order valence-electron chi connectivity index (χ4n) is 1.38. The van der Waals surface area contributed by atoms with Crippen molar-refractivity contribution in [2.24, 2.45) is 0 Å². The predicted molar refractivity (Wildman–Crippen MR) is 67.7 cm³/mol. The highest BCUT2D eigenvalue weighted by atomic mass is 79.9. The van der Waals surface area contributed by atoms with Gasteiger partial charge in [0, 0.05) is 18.1 Å². The van der Waals surface area contributed by atoms with Crippen LogP contribution in [0.4, 0.5) is 0 Å². The molecule has 0 heterocycles. The number of rotatable bonds is 5. The molecular formula is C12H14BrNO3. The van der Waals surface area contributed by atoms with Crippen molar-refractivity contribution in [3.05, 3.63) is 34.3 Å². The van der Waals surface area contributed by atoms with Crippen molar-refractivity contribution in [2.75, 3.05) is 13.6 Å². The van der Waals surface area contributed by atoms with E-state index in [0.717, 1.165) is 10.0 Å². The Labute approximate surface area is 108 Å². The van der Waals surface area contributed by atoms with E-state index in [-0.39, 0.29) is 5.91 Å². The second kappa shape index (κ2) is 6.39. The fraction of sp³-hybridized carbons (Fsp3) is 0.333. The van der Waals surface area contributed by atoms with Gasteiger partial charge in [0.25, 0.3) is 0 Å². The average Bonchev–Trinajstić information content (AvgIpc) is 2.26. The maximum absolute atomic E-state index is 11.4. The van der Waals surface area contributed by atoms with Crippen molar-refractivity contribution in [1.29, 1.82) is 0 Å². The molecule has 0 unspecified atom stereocenters. The molecule has 5 heteroatoms. The Hall–Kier alpha value is -1.36. The van der Waals surface area contributed by atoms with Crippen molar-refractivity contribution in [3.63, 3.8) is 0 Å². The maximum Gasteiger partial charge on any atom is 0.312 e. The molecule has 4 nitrogen and oxygen atoms in total. The highest BCUT2D eigenvalue weighted by Crippen LogP contribution is 2.16. The summed E-state index contributed by atoms with van der Waals surface area (Å²) in [6.07, 6.45) is 0.246. The summed E-state index contributed by atoms with van der Waals surface area (Å²) in [5.41, 5.74) is 1.10. The maximum atomic E-state index is 11.4. The van der Waals surface area contributed by atoms with Crippen LogP contribution < -0.4 is 0 Å². The van der Waals surface area contributed by atoms with Gasteiger partial charge in [-0.3, -0.25) is 9.59 Å². The van der Waals surface area contributed by atoms with Gasteiger partial charge < -0.3 is 10.0 Å². The third kappa shape index (κ3) is 4.56. The van der Waals surface area contributed by atoms with Crippen LogP contribution in [-0.2, 0) is 16.0 Å². The standard InChI is InChI=1S/C12H14BrNO3/c1-14(11(15)8-12(16)17)7-6-9-4-2-3-5-10(9)13/h2-5H,6-8H2,1H3,(H,16,17). The second-order valence-electron chi connectivity index (χ2n) is 3.73. The molecule has 0 bridgehead atoms. The van der Waals surface area contributed by atoms with Gasteiger partial charge in [-0.15, -0.1) is 0 Å². The van der Waals surface area contributed by atoms with Crippen LogP contribution in [0.1, 0.15) is 12.0 Å². The summed E-state index contributed by atoms with van der Waals surface area (Å²) in [7, 11) is 1.61. The van der Waals surface area contributed by atoms with E-state index < -0.39 is 12.4 Å². The Balaban J connectivity index is 2.48. The van der Waals surface area contributed by atoms with Gasteiger partial charge in [0.15, 0.2) is 0 Å². The van der Waals surface area contributed by atoms with Crippen LogP contribution in [0.2, 0.25) is 0 Å². The zero-order chi connectivity index (χ0) is 12.8. The van der Waals surface area contributed by atoms with Crippen LogP contribution in [-0.4, -0.2) is 35.5 Å². The Kier molecular flexibility index (Phi) is 5.15. The summed E-state index contributed by atoms with van der Waals surface area (Å²) in [6, 6.07) is 7.76. The number of aliphatic carboxylic acids is 1.